The average molecular weight is 508 g/mol. The van der Waals surface area contributed by atoms with Crippen molar-refractivity contribution in [1.29, 1.82) is 0 Å². The van der Waals surface area contributed by atoms with E-state index < -0.39 is 0 Å². The first-order valence-corrected chi connectivity index (χ1v) is 11.8. The molecule has 0 saturated carbocycles. The van der Waals surface area contributed by atoms with E-state index in [0.29, 0.717) is 40.3 Å². The minimum atomic E-state index is 0.289. The summed E-state index contributed by atoms with van der Waals surface area (Å²) in [5.74, 6) is 1.10. The van der Waals surface area contributed by atoms with Gasteiger partial charge in [-0.3, -0.25) is 9.59 Å². The molecule has 0 amide bonds. The number of pyridine rings is 1. The lowest BCUT2D eigenvalue weighted by Gasteiger charge is -2.14. The Morgan fingerprint density at radius 3 is 2.13 bits per heavy atom. The number of rotatable bonds is 8. The van der Waals surface area contributed by atoms with Crippen LogP contribution in [0.5, 0.6) is 17.4 Å². The Bertz CT molecular complexity index is 1660. The van der Waals surface area contributed by atoms with E-state index in [0.717, 1.165) is 39.4 Å². The van der Waals surface area contributed by atoms with Gasteiger partial charge in [0.25, 0.3) is 0 Å². The van der Waals surface area contributed by atoms with Gasteiger partial charge in [-0.1, -0.05) is 30.3 Å². The van der Waals surface area contributed by atoms with Crippen LogP contribution in [0.4, 0.5) is 0 Å². The van der Waals surface area contributed by atoms with Gasteiger partial charge in [0.1, 0.15) is 11.5 Å². The van der Waals surface area contributed by atoms with Crippen LogP contribution >= 0.6 is 0 Å². The summed E-state index contributed by atoms with van der Waals surface area (Å²) in [4.78, 5) is 27.5. The van der Waals surface area contributed by atoms with Gasteiger partial charge in [-0.05, 0) is 41.8 Å². The number of hydrogen-bond donors (Lipinski definition) is 0. The number of nitrogens with zero attached hydrogens (tertiary/aromatic N) is 3. The summed E-state index contributed by atoms with van der Waals surface area (Å²) in [6.07, 6.45) is 3.27. The smallest absolute Gasteiger partial charge is 0.224 e. The van der Waals surface area contributed by atoms with Crippen LogP contribution in [0.1, 0.15) is 26.3 Å². The molecule has 0 aliphatic rings. The lowest BCUT2D eigenvalue weighted by molar-refractivity contribution is 0.111. The van der Waals surface area contributed by atoms with Gasteiger partial charge in [-0.25, -0.2) is 9.67 Å². The van der Waals surface area contributed by atoms with E-state index in [4.69, 9.17) is 14.2 Å². The third-order valence-corrected chi connectivity index (χ3v) is 6.61. The number of methoxy groups -OCH3 is 3. The Morgan fingerprint density at radius 1 is 0.789 bits per heavy atom. The summed E-state index contributed by atoms with van der Waals surface area (Å²) >= 11 is 0. The van der Waals surface area contributed by atoms with Crippen molar-refractivity contribution in [3.63, 3.8) is 0 Å². The second-order valence-corrected chi connectivity index (χ2v) is 8.57. The van der Waals surface area contributed by atoms with E-state index in [1.165, 1.54) is 21.3 Å². The SMILES string of the molecule is COc1cc(-n2ncc3c(-c4cccc(-c5ccc(C=O)c(OC)n5)c4C)cccc32)cc(OC)c1C=O. The molecule has 5 aromatic rings. The van der Waals surface area contributed by atoms with E-state index in [2.05, 4.69) is 22.2 Å². The number of hydrogen-bond acceptors (Lipinski definition) is 7. The fourth-order valence-corrected chi connectivity index (χ4v) is 4.71. The molecule has 8 nitrogen and oxygen atoms in total. The monoisotopic (exact) mass is 507 g/mol. The number of aromatic nitrogens is 3. The van der Waals surface area contributed by atoms with Crippen molar-refractivity contribution in [3.05, 3.63) is 83.6 Å². The molecule has 38 heavy (non-hydrogen) atoms. The number of carbonyl (C=O) groups is 2. The quantitative estimate of drug-likeness (QED) is 0.248. The molecule has 0 aliphatic heterocycles. The fraction of sp³-hybridized carbons (Fsp3) is 0.133. The van der Waals surface area contributed by atoms with E-state index in [9.17, 15) is 9.59 Å². The fourth-order valence-electron chi connectivity index (χ4n) is 4.71. The Morgan fingerprint density at radius 2 is 1.47 bits per heavy atom. The van der Waals surface area contributed by atoms with E-state index >= 15 is 0 Å². The second-order valence-electron chi connectivity index (χ2n) is 8.57. The molecule has 0 N–H and O–H groups in total. The molecule has 0 fully saturated rings. The molecular formula is C30H25N3O5. The molecule has 3 aromatic carbocycles. The highest BCUT2D eigenvalue weighted by Gasteiger charge is 2.18. The van der Waals surface area contributed by atoms with Gasteiger partial charge in [0.2, 0.25) is 5.88 Å². The van der Waals surface area contributed by atoms with Crippen LogP contribution in [-0.4, -0.2) is 48.7 Å². The molecule has 0 radical (unpaired) electrons. The maximum absolute atomic E-state index is 11.6. The zero-order valence-corrected chi connectivity index (χ0v) is 21.4. The largest absolute Gasteiger partial charge is 0.496 e. The van der Waals surface area contributed by atoms with Crippen molar-refractivity contribution in [3.8, 4) is 45.5 Å². The minimum Gasteiger partial charge on any atom is -0.496 e. The van der Waals surface area contributed by atoms with Crippen LogP contribution in [0.15, 0.2) is 66.9 Å². The predicted molar refractivity (Wildman–Crippen MR) is 145 cm³/mol. The van der Waals surface area contributed by atoms with E-state index in [1.54, 1.807) is 22.9 Å². The normalized spacial score (nSPS) is 10.8. The molecule has 0 atom stereocenters. The minimum absolute atomic E-state index is 0.289. The average Bonchev–Trinajstić information content (AvgIpc) is 3.40. The third-order valence-electron chi connectivity index (χ3n) is 6.61. The molecular weight excluding hydrogens is 482 g/mol. The number of benzene rings is 3. The number of fused-ring (bicyclic) bond motifs is 1. The zero-order valence-electron chi connectivity index (χ0n) is 21.4. The first kappa shape index (κ1) is 24.7. The second kappa shape index (κ2) is 10.2. The summed E-state index contributed by atoms with van der Waals surface area (Å²) in [6, 6.07) is 19.1. The molecule has 0 unspecified atom stereocenters. The molecule has 2 heterocycles. The Hall–Kier alpha value is -4.98. The Balaban J connectivity index is 1.65. The molecule has 190 valence electrons. The molecule has 8 heteroatoms. The molecule has 5 rings (SSSR count). The highest BCUT2D eigenvalue weighted by molar-refractivity contribution is 5.97. The summed E-state index contributed by atoms with van der Waals surface area (Å²) in [5.41, 5.74) is 7.03. The maximum atomic E-state index is 11.6. The van der Waals surface area contributed by atoms with Crippen LogP contribution in [0, 0.1) is 6.92 Å². The first-order valence-electron chi connectivity index (χ1n) is 11.8. The van der Waals surface area contributed by atoms with Crippen molar-refractivity contribution < 1.29 is 23.8 Å². The predicted octanol–water partition coefficient (Wildman–Crippen LogP) is 5.71. The first-order chi connectivity index (χ1) is 18.5. The molecule has 0 saturated heterocycles. The van der Waals surface area contributed by atoms with Gasteiger partial charge >= 0.3 is 0 Å². The van der Waals surface area contributed by atoms with Crippen LogP contribution in [-0.2, 0) is 0 Å². The van der Waals surface area contributed by atoms with Crippen LogP contribution in [0.25, 0.3) is 39.0 Å². The molecule has 2 aromatic heterocycles. The van der Waals surface area contributed by atoms with Gasteiger partial charge in [0, 0.05) is 23.1 Å². The van der Waals surface area contributed by atoms with Crippen molar-refractivity contribution in [2.75, 3.05) is 21.3 Å². The summed E-state index contributed by atoms with van der Waals surface area (Å²) in [5, 5.41) is 5.62. The van der Waals surface area contributed by atoms with Crippen LogP contribution in [0.2, 0.25) is 0 Å². The zero-order chi connectivity index (χ0) is 26.8. The van der Waals surface area contributed by atoms with E-state index in [1.807, 2.05) is 43.5 Å². The van der Waals surface area contributed by atoms with Gasteiger partial charge in [0.15, 0.2) is 12.6 Å². The van der Waals surface area contributed by atoms with Crippen LogP contribution in [0.3, 0.4) is 0 Å². The summed E-state index contributed by atoms with van der Waals surface area (Å²) in [7, 11) is 4.52. The summed E-state index contributed by atoms with van der Waals surface area (Å²) < 4.78 is 18.0. The van der Waals surface area contributed by atoms with Gasteiger partial charge in [-0.15, -0.1) is 0 Å². The van der Waals surface area contributed by atoms with Gasteiger partial charge in [-0.2, -0.15) is 5.10 Å². The maximum Gasteiger partial charge on any atom is 0.224 e. The highest BCUT2D eigenvalue weighted by atomic mass is 16.5. The Labute approximate surface area is 219 Å². The van der Waals surface area contributed by atoms with E-state index in [-0.39, 0.29) is 5.88 Å². The third kappa shape index (κ3) is 4.06. The van der Waals surface area contributed by atoms with Crippen molar-refractivity contribution in [2.24, 2.45) is 0 Å². The number of ether oxygens (including phenoxy) is 3. The molecule has 0 bridgehead atoms. The topological polar surface area (TPSA) is 92.5 Å². The van der Waals surface area contributed by atoms with Gasteiger partial charge in [0.05, 0.1) is 55.6 Å². The molecule has 0 spiro atoms. The lowest BCUT2D eigenvalue weighted by atomic mass is 9.93. The standard InChI is InChI=1S/C30H25N3O5/c1-18-21(7-5-8-22(18)26-12-11-19(16-34)30(32-26)38-4)23-9-6-10-27-24(23)15-31-33(27)20-13-28(36-2)25(17-35)29(14-20)37-3/h5-17H,1-4H3. The van der Waals surface area contributed by atoms with Crippen LogP contribution < -0.4 is 14.2 Å². The van der Waals surface area contributed by atoms with Crippen molar-refractivity contribution in [2.45, 2.75) is 6.92 Å². The molecule has 0 aliphatic carbocycles. The highest BCUT2D eigenvalue weighted by Crippen LogP contribution is 2.37. The lowest BCUT2D eigenvalue weighted by Crippen LogP contribution is -2.01. The summed E-state index contributed by atoms with van der Waals surface area (Å²) in [6.45, 7) is 2.05. The van der Waals surface area contributed by atoms with Gasteiger partial charge < -0.3 is 14.2 Å². The van der Waals surface area contributed by atoms with Crippen molar-refractivity contribution >= 4 is 23.5 Å². The number of carbonyl (C=O) groups excluding carboxylic acids is 2. The number of aldehydes is 2. The Kier molecular flexibility index (Phi) is 6.62. The van der Waals surface area contributed by atoms with Crippen molar-refractivity contribution in [1.82, 2.24) is 14.8 Å².